The summed E-state index contributed by atoms with van der Waals surface area (Å²) in [4.78, 5) is 14.0. The largest absolute Gasteiger partial charge is 0.493 e. The predicted octanol–water partition coefficient (Wildman–Crippen LogP) is 2.49. The van der Waals surface area contributed by atoms with Crippen molar-refractivity contribution in [1.29, 1.82) is 0 Å². The molecule has 0 unspecified atom stereocenters. The third kappa shape index (κ3) is 5.44. The number of aryl methyl sites for hydroxylation is 2. The van der Waals surface area contributed by atoms with Crippen LogP contribution in [0, 0.1) is 13.8 Å². The number of carbonyl (C=O) groups is 1. The first kappa shape index (κ1) is 22.4. The van der Waals surface area contributed by atoms with E-state index in [1.165, 1.54) is 10.5 Å². The lowest BCUT2D eigenvalue weighted by molar-refractivity contribution is -0.890. The van der Waals surface area contributed by atoms with E-state index in [1.54, 1.807) is 25.3 Å². The van der Waals surface area contributed by atoms with Crippen LogP contribution in [0.4, 0.5) is 0 Å². The third-order valence-electron chi connectivity index (χ3n) is 5.34. The van der Waals surface area contributed by atoms with Crippen LogP contribution in [0.25, 0.3) is 0 Å². The van der Waals surface area contributed by atoms with E-state index in [0.717, 1.165) is 17.0 Å². The van der Waals surface area contributed by atoms with Gasteiger partial charge in [0.2, 0.25) is 0 Å². The predicted molar refractivity (Wildman–Crippen MR) is 118 cm³/mol. The van der Waals surface area contributed by atoms with E-state index in [-0.39, 0.29) is 11.9 Å². The van der Waals surface area contributed by atoms with Crippen LogP contribution in [0.3, 0.4) is 0 Å². The summed E-state index contributed by atoms with van der Waals surface area (Å²) in [5.74, 6) is 1.62. The Morgan fingerprint density at radius 2 is 1.87 bits per heavy atom. The average Bonchev–Trinajstić information content (AvgIpc) is 3.09. The van der Waals surface area contributed by atoms with Gasteiger partial charge >= 0.3 is 0 Å². The lowest BCUT2D eigenvalue weighted by Gasteiger charge is -2.22. The van der Waals surface area contributed by atoms with Crippen molar-refractivity contribution in [2.75, 3.05) is 27.7 Å². The molecule has 0 aliphatic rings. The van der Waals surface area contributed by atoms with E-state index >= 15 is 0 Å². The summed E-state index contributed by atoms with van der Waals surface area (Å²) in [6, 6.07) is 15.5. The van der Waals surface area contributed by atoms with Crippen molar-refractivity contribution in [3.63, 3.8) is 0 Å². The van der Waals surface area contributed by atoms with Crippen LogP contribution in [0.5, 0.6) is 11.5 Å². The summed E-state index contributed by atoms with van der Waals surface area (Å²) < 4.78 is 16.5. The van der Waals surface area contributed by atoms with Crippen LogP contribution >= 0.6 is 0 Å². The Balaban J connectivity index is 1.67. The van der Waals surface area contributed by atoms with Crippen molar-refractivity contribution in [3.05, 3.63) is 76.7 Å². The number of hydrogen-bond acceptors (Lipinski definition) is 5. The SMILES string of the molecule is COc1cc(C(=O)NC[C@H](c2ccccc2)[NH+](C)C)ccc1OCc1c(C)noc1C. The van der Waals surface area contributed by atoms with Gasteiger partial charge in [-0.15, -0.1) is 0 Å². The number of amides is 1. The lowest BCUT2D eigenvalue weighted by Crippen LogP contribution is -3.07. The fraction of sp³-hybridized carbons (Fsp3) is 0.333. The molecule has 1 atom stereocenters. The van der Waals surface area contributed by atoms with E-state index in [1.807, 2.05) is 32.0 Å². The summed E-state index contributed by atoms with van der Waals surface area (Å²) in [5, 5.41) is 6.98. The number of hydrogen-bond donors (Lipinski definition) is 2. The maximum Gasteiger partial charge on any atom is 0.251 e. The molecule has 1 heterocycles. The first-order valence-corrected chi connectivity index (χ1v) is 10.3. The monoisotopic (exact) mass is 424 g/mol. The number of likely N-dealkylation sites (N-methyl/N-ethyl adjacent to an activating group) is 1. The van der Waals surface area contributed by atoms with Gasteiger partial charge in [-0.1, -0.05) is 35.5 Å². The van der Waals surface area contributed by atoms with Crippen LogP contribution < -0.4 is 19.7 Å². The Kier molecular flexibility index (Phi) is 7.31. The first-order chi connectivity index (χ1) is 14.9. The molecular weight excluding hydrogens is 394 g/mol. The molecule has 2 N–H and O–H groups in total. The summed E-state index contributed by atoms with van der Waals surface area (Å²) in [6.45, 7) is 4.56. The fourth-order valence-corrected chi connectivity index (χ4v) is 3.42. The standard InChI is InChI=1S/C24H29N3O4/c1-16-20(17(2)31-26-16)15-30-22-12-11-19(13-23(22)29-5)24(28)25-14-21(27(3)4)18-9-7-6-8-10-18/h6-13,21H,14-15H2,1-5H3,(H,25,28)/p+1/t21-/m1/s1. The number of nitrogens with one attached hydrogen (secondary N) is 2. The Morgan fingerprint density at radius 1 is 1.13 bits per heavy atom. The van der Waals surface area contributed by atoms with Crippen LogP contribution in [-0.2, 0) is 6.61 Å². The van der Waals surface area contributed by atoms with E-state index in [0.29, 0.717) is 30.2 Å². The zero-order valence-corrected chi connectivity index (χ0v) is 18.7. The molecular formula is C24H30N3O4+. The number of nitrogens with zero attached hydrogens (tertiary/aromatic N) is 1. The molecule has 1 amide bonds. The van der Waals surface area contributed by atoms with Crippen molar-refractivity contribution in [1.82, 2.24) is 10.5 Å². The molecule has 3 rings (SSSR count). The number of quaternary nitrogens is 1. The van der Waals surface area contributed by atoms with Gasteiger partial charge in [-0.3, -0.25) is 4.79 Å². The minimum atomic E-state index is -0.155. The second-order valence-electron chi connectivity index (χ2n) is 7.71. The Bertz CT molecular complexity index is 995. The maximum absolute atomic E-state index is 12.8. The maximum atomic E-state index is 12.8. The Labute approximate surface area is 182 Å². The van der Waals surface area contributed by atoms with Gasteiger partial charge in [0.15, 0.2) is 11.5 Å². The molecule has 2 aromatic carbocycles. The van der Waals surface area contributed by atoms with E-state index in [9.17, 15) is 4.79 Å². The first-order valence-electron chi connectivity index (χ1n) is 10.3. The van der Waals surface area contributed by atoms with Crippen molar-refractivity contribution in [3.8, 4) is 11.5 Å². The molecule has 0 fully saturated rings. The number of ether oxygens (including phenoxy) is 2. The summed E-state index contributed by atoms with van der Waals surface area (Å²) >= 11 is 0. The van der Waals surface area contributed by atoms with Gasteiger partial charge in [0, 0.05) is 11.1 Å². The highest BCUT2D eigenvalue weighted by Crippen LogP contribution is 2.29. The topological polar surface area (TPSA) is 78.0 Å². The van der Waals surface area contributed by atoms with E-state index in [2.05, 4.69) is 36.7 Å². The van der Waals surface area contributed by atoms with E-state index < -0.39 is 0 Å². The molecule has 7 heteroatoms. The van der Waals surface area contributed by atoms with Crippen molar-refractivity contribution in [2.24, 2.45) is 0 Å². The van der Waals surface area contributed by atoms with Crippen LogP contribution in [0.15, 0.2) is 53.1 Å². The number of methoxy groups -OCH3 is 1. The van der Waals surface area contributed by atoms with Gasteiger partial charge in [-0.2, -0.15) is 0 Å². The summed E-state index contributed by atoms with van der Waals surface area (Å²) in [5.41, 5.74) is 3.40. The Hall–Kier alpha value is -3.32. The number of carbonyl (C=O) groups excluding carboxylic acids is 1. The number of aromatic nitrogens is 1. The Morgan fingerprint density at radius 3 is 2.48 bits per heavy atom. The number of rotatable bonds is 9. The van der Waals surface area contributed by atoms with Crippen molar-refractivity contribution < 1.29 is 23.7 Å². The fourth-order valence-electron chi connectivity index (χ4n) is 3.42. The molecule has 1 aromatic heterocycles. The molecule has 7 nitrogen and oxygen atoms in total. The van der Waals surface area contributed by atoms with Crippen LogP contribution in [-0.4, -0.2) is 38.8 Å². The molecule has 0 aliphatic carbocycles. The highest BCUT2D eigenvalue weighted by atomic mass is 16.5. The zero-order chi connectivity index (χ0) is 22.4. The molecule has 0 saturated carbocycles. The van der Waals surface area contributed by atoms with Gasteiger partial charge in [-0.25, -0.2) is 0 Å². The molecule has 31 heavy (non-hydrogen) atoms. The van der Waals surface area contributed by atoms with Gasteiger partial charge in [0.1, 0.15) is 18.4 Å². The molecule has 0 bridgehead atoms. The molecule has 0 spiro atoms. The molecule has 164 valence electrons. The molecule has 0 saturated heterocycles. The highest BCUT2D eigenvalue weighted by molar-refractivity contribution is 5.94. The van der Waals surface area contributed by atoms with Crippen molar-refractivity contribution in [2.45, 2.75) is 26.5 Å². The summed E-state index contributed by atoms with van der Waals surface area (Å²) in [7, 11) is 5.72. The molecule has 0 radical (unpaired) electrons. The smallest absolute Gasteiger partial charge is 0.251 e. The van der Waals surface area contributed by atoms with Crippen LogP contribution in [0.2, 0.25) is 0 Å². The molecule has 3 aromatic rings. The van der Waals surface area contributed by atoms with E-state index in [4.69, 9.17) is 14.0 Å². The van der Waals surface area contributed by atoms with Crippen molar-refractivity contribution >= 4 is 5.91 Å². The van der Waals surface area contributed by atoms with Gasteiger partial charge in [0.05, 0.1) is 39.0 Å². The third-order valence-corrected chi connectivity index (χ3v) is 5.34. The summed E-state index contributed by atoms with van der Waals surface area (Å²) in [6.07, 6.45) is 0. The second-order valence-corrected chi connectivity index (χ2v) is 7.71. The average molecular weight is 425 g/mol. The normalized spacial score (nSPS) is 11.9. The number of benzene rings is 2. The van der Waals surface area contributed by atoms with Crippen LogP contribution in [0.1, 0.15) is 39.0 Å². The molecule has 0 aliphatic heterocycles. The highest BCUT2D eigenvalue weighted by Gasteiger charge is 2.20. The van der Waals surface area contributed by atoms with Gasteiger partial charge in [0.25, 0.3) is 5.91 Å². The zero-order valence-electron chi connectivity index (χ0n) is 18.7. The lowest BCUT2D eigenvalue weighted by atomic mass is 10.1. The minimum Gasteiger partial charge on any atom is -0.493 e. The van der Waals surface area contributed by atoms with Gasteiger partial charge in [-0.05, 0) is 32.0 Å². The minimum absolute atomic E-state index is 0.155. The van der Waals surface area contributed by atoms with Gasteiger partial charge < -0.3 is 24.2 Å². The quantitative estimate of drug-likeness (QED) is 0.552. The second kappa shape index (κ2) is 10.1.